The highest BCUT2D eigenvalue weighted by Crippen LogP contribution is 2.30. The molecule has 1 aliphatic rings. The molecule has 0 N–H and O–H groups in total. The van der Waals surface area contributed by atoms with E-state index in [4.69, 9.17) is 4.74 Å². The van der Waals surface area contributed by atoms with Gasteiger partial charge in [0.1, 0.15) is 5.82 Å². The Labute approximate surface area is 162 Å². The summed E-state index contributed by atoms with van der Waals surface area (Å²) < 4.78 is 21.3. The van der Waals surface area contributed by atoms with E-state index < -0.39 is 0 Å². The SMILES string of the molecule is Cc1ccccc1CSc1nnc(N2CCOCC2)n1-c1cccc(F)c1. The minimum atomic E-state index is -0.274. The Morgan fingerprint density at radius 3 is 2.67 bits per heavy atom. The van der Waals surface area contributed by atoms with E-state index in [2.05, 4.69) is 34.2 Å². The summed E-state index contributed by atoms with van der Waals surface area (Å²) in [6, 6.07) is 14.9. The molecule has 0 amide bonds. The third kappa shape index (κ3) is 3.99. The van der Waals surface area contributed by atoms with Gasteiger partial charge in [0.2, 0.25) is 5.95 Å². The van der Waals surface area contributed by atoms with Gasteiger partial charge in [0, 0.05) is 18.8 Å². The number of ether oxygens (including phenoxy) is 1. The van der Waals surface area contributed by atoms with Gasteiger partial charge < -0.3 is 9.64 Å². The Morgan fingerprint density at radius 1 is 1.07 bits per heavy atom. The lowest BCUT2D eigenvalue weighted by Gasteiger charge is -2.27. The quantitative estimate of drug-likeness (QED) is 0.625. The van der Waals surface area contributed by atoms with E-state index in [0.29, 0.717) is 13.2 Å². The monoisotopic (exact) mass is 384 g/mol. The number of anilines is 1. The second-order valence-corrected chi connectivity index (χ2v) is 7.35. The number of thioether (sulfide) groups is 1. The van der Waals surface area contributed by atoms with Crippen molar-refractivity contribution in [1.29, 1.82) is 0 Å². The highest BCUT2D eigenvalue weighted by atomic mass is 32.2. The van der Waals surface area contributed by atoms with Gasteiger partial charge in [0.15, 0.2) is 5.16 Å². The van der Waals surface area contributed by atoms with E-state index in [1.165, 1.54) is 23.3 Å². The number of hydrogen-bond donors (Lipinski definition) is 0. The second-order valence-electron chi connectivity index (χ2n) is 6.41. The number of morpholine rings is 1. The Bertz CT molecular complexity index is 924. The maximum absolute atomic E-state index is 13.9. The first kappa shape index (κ1) is 18.0. The molecule has 0 aliphatic carbocycles. The smallest absolute Gasteiger partial charge is 0.232 e. The van der Waals surface area contributed by atoms with Crippen LogP contribution in [0.2, 0.25) is 0 Å². The molecule has 27 heavy (non-hydrogen) atoms. The number of aromatic nitrogens is 3. The van der Waals surface area contributed by atoms with Crippen molar-refractivity contribution in [2.75, 3.05) is 31.2 Å². The van der Waals surface area contributed by atoms with Gasteiger partial charge >= 0.3 is 0 Å². The van der Waals surface area contributed by atoms with Crippen LogP contribution in [0.3, 0.4) is 0 Å². The zero-order valence-electron chi connectivity index (χ0n) is 15.1. The van der Waals surface area contributed by atoms with Crippen molar-refractivity contribution in [2.45, 2.75) is 17.8 Å². The topological polar surface area (TPSA) is 43.2 Å². The van der Waals surface area contributed by atoms with Gasteiger partial charge in [0.25, 0.3) is 0 Å². The molecule has 0 atom stereocenters. The van der Waals surface area contributed by atoms with Crippen molar-refractivity contribution in [3.63, 3.8) is 0 Å². The molecular weight excluding hydrogens is 363 g/mol. The highest BCUT2D eigenvalue weighted by Gasteiger charge is 2.22. The van der Waals surface area contributed by atoms with Crippen LogP contribution >= 0.6 is 11.8 Å². The van der Waals surface area contributed by atoms with Crippen molar-refractivity contribution in [2.24, 2.45) is 0 Å². The van der Waals surface area contributed by atoms with Gasteiger partial charge in [-0.15, -0.1) is 10.2 Å². The molecule has 0 unspecified atom stereocenters. The first-order valence-electron chi connectivity index (χ1n) is 8.94. The molecule has 1 aliphatic heterocycles. The van der Waals surface area contributed by atoms with Crippen LogP contribution in [0, 0.1) is 12.7 Å². The molecule has 3 aromatic rings. The summed E-state index contributed by atoms with van der Waals surface area (Å²) >= 11 is 1.61. The summed E-state index contributed by atoms with van der Waals surface area (Å²) in [6.45, 7) is 4.90. The van der Waals surface area contributed by atoms with Gasteiger partial charge in [0.05, 0.1) is 18.9 Å². The number of hydrogen-bond acceptors (Lipinski definition) is 5. The number of rotatable bonds is 5. The standard InChI is InChI=1S/C20H21FN4OS/c1-15-5-2-3-6-16(15)14-27-20-23-22-19(24-9-11-26-12-10-24)25(20)18-8-4-7-17(21)13-18/h2-8,13H,9-12,14H2,1H3. The molecular formula is C20H21FN4OS. The summed E-state index contributed by atoms with van der Waals surface area (Å²) in [5.74, 6) is 1.24. The molecule has 0 spiro atoms. The van der Waals surface area contributed by atoms with Crippen LogP contribution in [0.4, 0.5) is 10.3 Å². The van der Waals surface area contributed by atoms with Crippen LogP contribution in [0.5, 0.6) is 0 Å². The summed E-state index contributed by atoms with van der Waals surface area (Å²) in [4.78, 5) is 2.14. The third-order valence-electron chi connectivity index (χ3n) is 4.59. The number of halogens is 1. The molecule has 0 radical (unpaired) electrons. The lowest BCUT2D eigenvalue weighted by atomic mass is 10.1. The van der Waals surface area contributed by atoms with Crippen LogP contribution < -0.4 is 4.90 Å². The minimum Gasteiger partial charge on any atom is -0.378 e. The fourth-order valence-corrected chi connectivity index (χ4v) is 4.10. The molecule has 2 heterocycles. The van der Waals surface area contributed by atoms with Crippen molar-refractivity contribution in [3.05, 3.63) is 65.5 Å². The van der Waals surface area contributed by atoms with E-state index in [1.54, 1.807) is 17.8 Å². The Balaban J connectivity index is 1.68. The summed E-state index contributed by atoms with van der Waals surface area (Å²) in [5, 5.41) is 9.59. The molecule has 1 saturated heterocycles. The van der Waals surface area contributed by atoms with Crippen LogP contribution in [-0.4, -0.2) is 41.1 Å². The summed E-state index contributed by atoms with van der Waals surface area (Å²) in [6.07, 6.45) is 0. The normalized spacial score (nSPS) is 14.5. The predicted molar refractivity (Wildman–Crippen MR) is 105 cm³/mol. The van der Waals surface area contributed by atoms with Gasteiger partial charge in [-0.3, -0.25) is 4.57 Å². The number of nitrogens with zero attached hydrogens (tertiary/aromatic N) is 4. The first-order valence-corrected chi connectivity index (χ1v) is 9.92. The van der Waals surface area contributed by atoms with Gasteiger partial charge in [-0.05, 0) is 36.2 Å². The molecule has 7 heteroatoms. The lowest BCUT2D eigenvalue weighted by Crippen LogP contribution is -2.37. The van der Waals surface area contributed by atoms with Crippen LogP contribution in [0.25, 0.3) is 5.69 Å². The highest BCUT2D eigenvalue weighted by molar-refractivity contribution is 7.98. The van der Waals surface area contributed by atoms with E-state index >= 15 is 0 Å². The molecule has 2 aromatic carbocycles. The van der Waals surface area contributed by atoms with Crippen molar-refractivity contribution in [1.82, 2.24) is 14.8 Å². The number of benzene rings is 2. The van der Waals surface area contributed by atoms with Crippen molar-refractivity contribution < 1.29 is 9.13 Å². The molecule has 140 valence electrons. The summed E-state index contributed by atoms with van der Waals surface area (Å²) in [5.41, 5.74) is 3.23. The van der Waals surface area contributed by atoms with Crippen LogP contribution in [-0.2, 0) is 10.5 Å². The minimum absolute atomic E-state index is 0.274. The average molecular weight is 384 g/mol. The zero-order valence-corrected chi connectivity index (χ0v) is 16.0. The van der Waals surface area contributed by atoms with Gasteiger partial charge in [-0.1, -0.05) is 42.1 Å². The second kappa shape index (κ2) is 8.10. The lowest BCUT2D eigenvalue weighted by molar-refractivity contribution is 0.122. The van der Waals surface area contributed by atoms with E-state index in [-0.39, 0.29) is 5.82 Å². The van der Waals surface area contributed by atoms with E-state index in [1.807, 2.05) is 22.8 Å². The Kier molecular flexibility index (Phi) is 5.40. The Morgan fingerprint density at radius 2 is 1.89 bits per heavy atom. The van der Waals surface area contributed by atoms with Crippen LogP contribution in [0.15, 0.2) is 53.7 Å². The molecule has 1 aromatic heterocycles. The molecule has 4 rings (SSSR count). The van der Waals surface area contributed by atoms with E-state index in [9.17, 15) is 4.39 Å². The molecule has 5 nitrogen and oxygen atoms in total. The van der Waals surface area contributed by atoms with Gasteiger partial charge in [-0.2, -0.15) is 0 Å². The third-order valence-corrected chi connectivity index (χ3v) is 5.57. The van der Waals surface area contributed by atoms with Crippen molar-refractivity contribution in [3.8, 4) is 5.69 Å². The first-order chi connectivity index (χ1) is 13.2. The van der Waals surface area contributed by atoms with Gasteiger partial charge in [-0.25, -0.2) is 4.39 Å². The van der Waals surface area contributed by atoms with Crippen LogP contribution in [0.1, 0.15) is 11.1 Å². The fraction of sp³-hybridized carbons (Fsp3) is 0.300. The number of aryl methyl sites for hydroxylation is 1. The van der Waals surface area contributed by atoms with E-state index in [0.717, 1.165) is 35.6 Å². The Hall–Kier alpha value is -2.38. The van der Waals surface area contributed by atoms with Crippen molar-refractivity contribution >= 4 is 17.7 Å². The average Bonchev–Trinajstić information content (AvgIpc) is 3.12. The predicted octanol–water partition coefficient (Wildman–Crippen LogP) is 3.84. The fourth-order valence-electron chi connectivity index (χ4n) is 3.08. The maximum Gasteiger partial charge on any atom is 0.232 e. The molecule has 1 fully saturated rings. The summed E-state index contributed by atoms with van der Waals surface area (Å²) in [7, 11) is 0. The largest absolute Gasteiger partial charge is 0.378 e. The molecule has 0 bridgehead atoms. The zero-order chi connectivity index (χ0) is 18.6. The maximum atomic E-state index is 13.9. The molecule has 0 saturated carbocycles.